The van der Waals surface area contributed by atoms with Crippen LogP contribution in [0, 0.1) is 27.6 Å². The molecule has 0 aromatic heterocycles. The lowest BCUT2D eigenvalue weighted by molar-refractivity contribution is -0.118. The van der Waals surface area contributed by atoms with E-state index in [9.17, 15) is 14.5 Å². The Morgan fingerprint density at radius 3 is 1.86 bits per heavy atom. The summed E-state index contributed by atoms with van der Waals surface area (Å²) in [5.41, 5.74) is 9.04. The molecule has 0 saturated heterocycles. The number of rotatable bonds is 3. The maximum atomic E-state index is 9.87. The van der Waals surface area contributed by atoms with Crippen molar-refractivity contribution in [3.8, 4) is 12.1 Å². The van der Waals surface area contributed by atoms with E-state index in [1.54, 1.807) is 6.07 Å². The van der Waals surface area contributed by atoms with Crippen LogP contribution in [0.15, 0.2) is 5.18 Å². The smallest absolute Gasteiger partial charge is 0.260 e. The summed E-state index contributed by atoms with van der Waals surface area (Å²) in [6.45, 7) is 0. The van der Waals surface area contributed by atoms with Crippen molar-refractivity contribution in [2.45, 2.75) is 12.5 Å². The molecule has 0 fully saturated rings. The summed E-state index contributed by atoms with van der Waals surface area (Å²) in [5, 5.41) is 17.7. The van der Waals surface area contributed by atoms with Crippen LogP contribution in [-0.4, -0.2) is 17.9 Å². The molecule has 0 bridgehead atoms. The van der Waals surface area contributed by atoms with Crippen LogP contribution >= 0.6 is 0 Å². The fourth-order valence-corrected chi connectivity index (χ4v) is 0.217. The highest BCUT2D eigenvalue weighted by molar-refractivity contribution is 5.82. The van der Waals surface area contributed by atoms with E-state index in [4.69, 9.17) is 10.5 Å². The molecule has 74 valence electrons. The highest BCUT2D eigenvalue weighted by atomic mass is 16.3. The Labute approximate surface area is 79.1 Å². The first-order valence-corrected chi connectivity index (χ1v) is 3.16. The molecule has 0 heterocycles. The molecule has 8 nitrogen and oxygen atoms in total. The van der Waals surface area contributed by atoms with Crippen molar-refractivity contribution in [3.05, 3.63) is 4.91 Å². The van der Waals surface area contributed by atoms with Crippen LogP contribution in [-0.2, 0) is 9.59 Å². The van der Waals surface area contributed by atoms with Gasteiger partial charge in [-0.2, -0.15) is 10.5 Å². The molecule has 4 N–H and O–H groups in total. The van der Waals surface area contributed by atoms with Crippen molar-refractivity contribution in [1.82, 2.24) is 0 Å². The van der Waals surface area contributed by atoms with Gasteiger partial charge in [-0.3, -0.25) is 9.59 Å². The number of nitriles is 2. The van der Waals surface area contributed by atoms with Crippen molar-refractivity contribution < 1.29 is 9.59 Å². The Bertz CT molecular complexity index is 300. The van der Waals surface area contributed by atoms with E-state index in [0.29, 0.717) is 0 Å². The second-order valence-corrected chi connectivity index (χ2v) is 1.84. The SMILES string of the molecule is N#CC(N=O)C(N)=O.N#CCC(N)=O. The Morgan fingerprint density at radius 2 is 1.86 bits per heavy atom. The van der Waals surface area contributed by atoms with E-state index >= 15 is 0 Å². The molecule has 0 spiro atoms. The summed E-state index contributed by atoms with van der Waals surface area (Å²) >= 11 is 0. The van der Waals surface area contributed by atoms with Gasteiger partial charge in [0.2, 0.25) is 5.91 Å². The molecule has 0 aromatic rings. The fraction of sp³-hybridized carbons (Fsp3) is 0.333. The largest absolute Gasteiger partial charge is 0.369 e. The van der Waals surface area contributed by atoms with E-state index < -0.39 is 17.9 Å². The number of hydrogen-bond acceptors (Lipinski definition) is 6. The molecule has 0 aliphatic rings. The van der Waals surface area contributed by atoms with Gasteiger partial charge in [0.05, 0.1) is 6.07 Å². The average Bonchev–Trinajstić information content (AvgIpc) is 2.06. The van der Waals surface area contributed by atoms with Gasteiger partial charge in [0, 0.05) is 0 Å². The normalized spacial score (nSPS) is 9.29. The quantitative estimate of drug-likeness (QED) is 0.525. The predicted molar refractivity (Wildman–Crippen MR) is 43.8 cm³/mol. The third-order valence-corrected chi connectivity index (χ3v) is 0.750. The highest BCUT2D eigenvalue weighted by Gasteiger charge is 2.12. The standard InChI is InChI=1S/C3H3N3O2.C3H4N2O/c4-1-2(6-8)3(5)7;4-2-1-3(5)6/h2H,(H2,5,7);1H2,(H2,5,6). The fourth-order valence-electron chi connectivity index (χ4n) is 0.217. The number of hydrogen-bond donors (Lipinski definition) is 2. The van der Waals surface area contributed by atoms with E-state index in [0.717, 1.165) is 0 Å². The molecule has 8 heteroatoms. The third kappa shape index (κ3) is 9.52. The summed E-state index contributed by atoms with van der Waals surface area (Å²) < 4.78 is 0. The predicted octanol–water partition coefficient (Wildman–Crippen LogP) is -1.48. The van der Waals surface area contributed by atoms with Crippen LogP contribution in [0.3, 0.4) is 0 Å². The van der Waals surface area contributed by atoms with Gasteiger partial charge >= 0.3 is 0 Å². The minimum atomic E-state index is -1.53. The molecule has 0 saturated carbocycles. The monoisotopic (exact) mass is 197 g/mol. The Balaban J connectivity index is 0. The van der Waals surface area contributed by atoms with Crippen molar-refractivity contribution in [2.24, 2.45) is 16.6 Å². The Kier molecular flexibility index (Phi) is 8.66. The van der Waals surface area contributed by atoms with Gasteiger partial charge in [0.25, 0.3) is 11.9 Å². The Hall–Kier alpha value is -2.48. The molecule has 0 radical (unpaired) electrons. The first-order chi connectivity index (χ1) is 6.49. The first kappa shape index (κ1) is 14.1. The summed E-state index contributed by atoms with van der Waals surface area (Å²) in [5.74, 6) is -1.58. The summed E-state index contributed by atoms with van der Waals surface area (Å²) in [7, 11) is 0. The lowest BCUT2D eigenvalue weighted by Crippen LogP contribution is -2.24. The molecule has 2 amide bonds. The van der Waals surface area contributed by atoms with Crippen molar-refractivity contribution in [3.63, 3.8) is 0 Å². The molecule has 1 atom stereocenters. The number of amides is 2. The van der Waals surface area contributed by atoms with Gasteiger partial charge in [-0.25, -0.2) is 0 Å². The van der Waals surface area contributed by atoms with Crippen molar-refractivity contribution >= 4 is 11.8 Å². The number of nitrogens with zero attached hydrogens (tertiary/aromatic N) is 3. The number of carbonyl (C=O) groups is 2. The maximum absolute atomic E-state index is 9.87. The van der Waals surface area contributed by atoms with Crippen molar-refractivity contribution in [2.75, 3.05) is 0 Å². The molecule has 0 aliphatic heterocycles. The van der Waals surface area contributed by atoms with Gasteiger partial charge < -0.3 is 11.5 Å². The van der Waals surface area contributed by atoms with Crippen LogP contribution < -0.4 is 11.5 Å². The van der Waals surface area contributed by atoms with Crippen LogP contribution in [0.25, 0.3) is 0 Å². The molecule has 14 heavy (non-hydrogen) atoms. The van der Waals surface area contributed by atoms with Gasteiger partial charge in [-0.1, -0.05) is 0 Å². The summed E-state index contributed by atoms with van der Waals surface area (Å²) in [6, 6.07) is 1.36. The van der Waals surface area contributed by atoms with Crippen LogP contribution in [0.4, 0.5) is 0 Å². The minimum absolute atomic E-state index is 0.181. The van der Waals surface area contributed by atoms with E-state index in [2.05, 4.69) is 16.6 Å². The molecule has 0 aromatic carbocycles. The number of nitroso groups, excluding NO2 is 1. The summed E-state index contributed by atoms with van der Waals surface area (Å²) in [6.07, 6.45) is -0.181. The zero-order valence-electron chi connectivity index (χ0n) is 7.01. The van der Waals surface area contributed by atoms with Gasteiger partial charge in [0.15, 0.2) is 0 Å². The minimum Gasteiger partial charge on any atom is -0.369 e. The van der Waals surface area contributed by atoms with Gasteiger partial charge in [-0.15, -0.1) is 4.91 Å². The van der Waals surface area contributed by atoms with Crippen LogP contribution in [0.2, 0.25) is 0 Å². The van der Waals surface area contributed by atoms with E-state index in [1.807, 2.05) is 0 Å². The van der Waals surface area contributed by atoms with Gasteiger partial charge in [-0.05, 0) is 5.18 Å². The lowest BCUT2D eigenvalue weighted by atomic mass is 10.3. The molecule has 0 rings (SSSR count). The second-order valence-electron chi connectivity index (χ2n) is 1.84. The number of nitrogens with two attached hydrogens (primary N) is 2. The van der Waals surface area contributed by atoms with E-state index in [-0.39, 0.29) is 6.42 Å². The number of primary amides is 2. The average molecular weight is 197 g/mol. The molecular formula is C6H7N5O3. The maximum Gasteiger partial charge on any atom is 0.260 e. The third-order valence-electron chi connectivity index (χ3n) is 0.750. The summed E-state index contributed by atoms with van der Waals surface area (Å²) in [4.78, 5) is 28.9. The molecular weight excluding hydrogens is 190 g/mol. The Morgan fingerprint density at radius 1 is 1.36 bits per heavy atom. The van der Waals surface area contributed by atoms with Crippen LogP contribution in [0.5, 0.6) is 0 Å². The topological polar surface area (TPSA) is 163 Å². The van der Waals surface area contributed by atoms with Crippen molar-refractivity contribution in [1.29, 1.82) is 10.5 Å². The first-order valence-electron chi connectivity index (χ1n) is 3.16. The number of carbonyl (C=O) groups excluding carboxylic acids is 2. The van der Waals surface area contributed by atoms with Crippen LogP contribution in [0.1, 0.15) is 6.42 Å². The van der Waals surface area contributed by atoms with E-state index in [1.165, 1.54) is 6.07 Å². The zero-order chi connectivity index (χ0) is 11.6. The zero-order valence-corrected chi connectivity index (χ0v) is 7.01. The lowest BCUT2D eigenvalue weighted by Gasteiger charge is -1.85. The molecule has 1 unspecified atom stereocenters. The molecule has 0 aliphatic carbocycles. The van der Waals surface area contributed by atoms with Gasteiger partial charge in [0.1, 0.15) is 12.5 Å². The second kappa shape index (κ2) is 8.62. The highest BCUT2D eigenvalue weighted by Crippen LogP contribution is 1.82.